The van der Waals surface area contributed by atoms with Crippen molar-refractivity contribution < 1.29 is 4.79 Å². The van der Waals surface area contributed by atoms with E-state index in [0.717, 1.165) is 66.2 Å². The highest BCUT2D eigenvalue weighted by Crippen LogP contribution is 2.41. The molecule has 29 heavy (non-hydrogen) atoms. The smallest absolute Gasteiger partial charge is 0.227 e. The molecule has 1 aliphatic heterocycles. The SMILES string of the molecule is Cc1cc(NC(=S)NC2(c3ccccc3Cl)CCCC2)ccc1N1CCCC1=O. The van der Waals surface area contributed by atoms with Crippen molar-refractivity contribution in [3.63, 3.8) is 0 Å². The van der Waals surface area contributed by atoms with E-state index in [2.05, 4.69) is 16.7 Å². The number of hydrogen-bond acceptors (Lipinski definition) is 2. The fourth-order valence-electron chi connectivity index (χ4n) is 4.61. The van der Waals surface area contributed by atoms with E-state index in [4.69, 9.17) is 23.8 Å². The predicted molar refractivity (Wildman–Crippen MR) is 124 cm³/mol. The van der Waals surface area contributed by atoms with Crippen LogP contribution < -0.4 is 15.5 Å². The zero-order valence-electron chi connectivity index (χ0n) is 16.6. The number of nitrogens with zero attached hydrogens (tertiary/aromatic N) is 1. The van der Waals surface area contributed by atoms with E-state index in [1.807, 2.05) is 48.2 Å². The minimum absolute atomic E-state index is 0.203. The number of nitrogens with one attached hydrogen (secondary N) is 2. The highest BCUT2D eigenvalue weighted by molar-refractivity contribution is 7.80. The molecule has 6 heteroatoms. The third-order valence-electron chi connectivity index (χ3n) is 6.02. The normalized spacial score (nSPS) is 18.1. The number of anilines is 2. The molecule has 1 amide bonds. The standard InChI is InChI=1S/C23H26ClN3OS/c1-16-15-17(10-11-20(16)27-14-6-9-21(27)28)25-22(29)26-23(12-4-5-13-23)18-7-2-3-8-19(18)24/h2-3,7-8,10-11,15H,4-6,9,12-14H2,1H3,(H2,25,26,29). The quantitative estimate of drug-likeness (QED) is 0.629. The van der Waals surface area contributed by atoms with Crippen molar-refractivity contribution in [2.45, 2.75) is 51.0 Å². The second-order valence-electron chi connectivity index (χ2n) is 8.00. The van der Waals surface area contributed by atoms with E-state index in [1.54, 1.807) is 0 Å². The lowest BCUT2D eigenvalue weighted by molar-refractivity contribution is -0.117. The largest absolute Gasteiger partial charge is 0.353 e. The first-order valence-electron chi connectivity index (χ1n) is 10.2. The molecule has 4 nitrogen and oxygen atoms in total. The van der Waals surface area contributed by atoms with E-state index >= 15 is 0 Å². The van der Waals surface area contributed by atoms with Gasteiger partial charge in [-0.25, -0.2) is 0 Å². The Morgan fingerprint density at radius 3 is 2.55 bits per heavy atom. The third kappa shape index (κ3) is 4.12. The van der Waals surface area contributed by atoms with Gasteiger partial charge in [-0.05, 0) is 73.8 Å². The number of carbonyl (C=O) groups is 1. The molecule has 2 aliphatic rings. The van der Waals surface area contributed by atoms with E-state index in [-0.39, 0.29) is 11.4 Å². The molecular formula is C23H26ClN3OS. The van der Waals surface area contributed by atoms with Crippen LogP contribution in [-0.4, -0.2) is 17.6 Å². The van der Waals surface area contributed by atoms with Gasteiger partial charge in [0.2, 0.25) is 5.91 Å². The molecule has 0 bridgehead atoms. The molecule has 0 aromatic heterocycles. The average molecular weight is 428 g/mol. The summed E-state index contributed by atoms with van der Waals surface area (Å²) in [4.78, 5) is 13.9. The number of carbonyl (C=O) groups excluding carboxylic acids is 1. The van der Waals surface area contributed by atoms with Crippen LogP contribution in [0.4, 0.5) is 11.4 Å². The summed E-state index contributed by atoms with van der Waals surface area (Å²) < 4.78 is 0. The first kappa shape index (κ1) is 20.2. The third-order valence-corrected chi connectivity index (χ3v) is 6.55. The van der Waals surface area contributed by atoms with E-state index in [0.29, 0.717) is 11.5 Å². The maximum absolute atomic E-state index is 12.0. The van der Waals surface area contributed by atoms with Crippen LogP contribution in [0, 0.1) is 6.92 Å². The van der Waals surface area contributed by atoms with Gasteiger partial charge in [-0.15, -0.1) is 0 Å². The lowest BCUT2D eigenvalue weighted by Gasteiger charge is -2.33. The molecule has 1 saturated carbocycles. The average Bonchev–Trinajstić information content (AvgIpc) is 3.32. The second-order valence-corrected chi connectivity index (χ2v) is 8.81. The Balaban J connectivity index is 1.50. The Kier molecular flexibility index (Phi) is 5.79. The van der Waals surface area contributed by atoms with Crippen LogP contribution in [0.25, 0.3) is 0 Å². The van der Waals surface area contributed by atoms with Crippen molar-refractivity contribution in [2.24, 2.45) is 0 Å². The minimum atomic E-state index is -0.223. The number of thiocarbonyl (C=S) groups is 1. The molecular weight excluding hydrogens is 402 g/mol. The fraction of sp³-hybridized carbons (Fsp3) is 0.391. The van der Waals surface area contributed by atoms with Crippen LogP contribution in [0.3, 0.4) is 0 Å². The van der Waals surface area contributed by atoms with Gasteiger partial charge in [0.15, 0.2) is 5.11 Å². The first-order valence-corrected chi connectivity index (χ1v) is 11.0. The molecule has 1 heterocycles. The minimum Gasteiger partial charge on any atom is -0.353 e. The van der Waals surface area contributed by atoms with Gasteiger partial charge in [0.05, 0.1) is 5.54 Å². The van der Waals surface area contributed by atoms with Gasteiger partial charge in [0, 0.05) is 29.4 Å². The molecule has 2 aromatic rings. The van der Waals surface area contributed by atoms with E-state index in [9.17, 15) is 4.79 Å². The van der Waals surface area contributed by atoms with Gasteiger partial charge in [-0.1, -0.05) is 42.6 Å². The summed E-state index contributed by atoms with van der Waals surface area (Å²) in [5.41, 5.74) is 3.86. The molecule has 2 fully saturated rings. The molecule has 0 radical (unpaired) electrons. The Morgan fingerprint density at radius 2 is 1.90 bits per heavy atom. The fourth-order valence-corrected chi connectivity index (χ4v) is 5.24. The molecule has 0 unspecified atom stereocenters. The molecule has 4 rings (SSSR count). The van der Waals surface area contributed by atoms with Gasteiger partial charge in [0.1, 0.15) is 0 Å². The van der Waals surface area contributed by atoms with Crippen LogP contribution >= 0.6 is 23.8 Å². The van der Waals surface area contributed by atoms with Crippen molar-refractivity contribution in [1.82, 2.24) is 5.32 Å². The summed E-state index contributed by atoms with van der Waals surface area (Å²) in [5, 5.41) is 8.26. The summed E-state index contributed by atoms with van der Waals surface area (Å²) in [6.07, 6.45) is 5.88. The number of amides is 1. The van der Waals surface area contributed by atoms with Crippen molar-refractivity contribution in [3.8, 4) is 0 Å². The number of rotatable bonds is 4. The summed E-state index contributed by atoms with van der Waals surface area (Å²) in [5.74, 6) is 0.203. The topological polar surface area (TPSA) is 44.4 Å². The first-order chi connectivity index (χ1) is 14.0. The zero-order chi connectivity index (χ0) is 20.4. The summed E-state index contributed by atoms with van der Waals surface area (Å²) >= 11 is 12.2. The number of halogens is 1. The van der Waals surface area contributed by atoms with Crippen molar-refractivity contribution in [2.75, 3.05) is 16.8 Å². The highest BCUT2D eigenvalue weighted by atomic mass is 35.5. The van der Waals surface area contributed by atoms with Gasteiger partial charge in [-0.2, -0.15) is 0 Å². The monoisotopic (exact) mass is 427 g/mol. The van der Waals surface area contributed by atoms with Crippen LogP contribution in [0.15, 0.2) is 42.5 Å². The van der Waals surface area contributed by atoms with Crippen molar-refractivity contribution in [3.05, 3.63) is 58.6 Å². The van der Waals surface area contributed by atoms with Crippen LogP contribution in [0.2, 0.25) is 5.02 Å². The van der Waals surface area contributed by atoms with Crippen LogP contribution in [0.5, 0.6) is 0 Å². The summed E-state index contributed by atoms with van der Waals surface area (Å²) in [6.45, 7) is 2.83. The second kappa shape index (κ2) is 8.33. The predicted octanol–water partition coefficient (Wildman–Crippen LogP) is 5.53. The molecule has 0 atom stereocenters. The molecule has 1 saturated heterocycles. The van der Waals surface area contributed by atoms with Gasteiger partial charge >= 0.3 is 0 Å². The Hall–Kier alpha value is -2.11. The number of benzene rings is 2. The van der Waals surface area contributed by atoms with Crippen molar-refractivity contribution >= 4 is 46.2 Å². The molecule has 2 N–H and O–H groups in total. The van der Waals surface area contributed by atoms with E-state index < -0.39 is 0 Å². The van der Waals surface area contributed by atoms with Crippen molar-refractivity contribution in [1.29, 1.82) is 0 Å². The number of aryl methyl sites for hydroxylation is 1. The molecule has 0 spiro atoms. The van der Waals surface area contributed by atoms with E-state index in [1.165, 1.54) is 0 Å². The molecule has 1 aliphatic carbocycles. The summed E-state index contributed by atoms with van der Waals surface area (Å²) in [6, 6.07) is 14.1. The zero-order valence-corrected chi connectivity index (χ0v) is 18.2. The Bertz CT molecular complexity index is 939. The lowest BCUT2D eigenvalue weighted by Crippen LogP contribution is -2.45. The Morgan fingerprint density at radius 1 is 1.14 bits per heavy atom. The lowest BCUT2D eigenvalue weighted by atomic mass is 9.88. The Labute approximate surface area is 182 Å². The van der Waals surface area contributed by atoms with Gasteiger partial charge in [-0.3, -0.25) is 4.79 Å². The summed E-state index contributed by atoms with van der Waals surface area (Å²) in [7, 11) is 0. The molecule has 2 aromatic carbocycles. The maximum Gasteiger partial charge on any atom is 0.227 e. The van der Waals surface area contributed by atoms with Crippen LogP contribution in [0.1, 0.15) is 49.7 Å². The maximum atomic E-state index is 12.0. The number of hydrogen-bond donors (Lipinski definition) is 2. The molecule has 152 valence electrons. The van der Waals surface area contributed by atoms with Gasteiger partial charge in [0.25, 0.3) is 0 Å². The van der Waals surface area contributed by atoms with Crippen LogP contribution in [-0.2, 0) is 10.3 Å². The van der Waals surface area contributed by atoms with Gasteiger partial charge < -0.3 is 15.5 Å². The highest BCUT2D eigenvalue weighted by Gasteiger charge is 2.37.